The van der Waals surface area contributed by atoms with Crippen molar-refractivity contribution in [1.82, 2.24) is 4.90 Å². The summed E-state index contributed by atoms with van der Waals surface area (Å²) < 4.78 is 14.6. The number of rotatable bonds is 3. The Bertz CT molecular complexity index is 510. The van der Waals surface area contributed by atoms with Gasteiger partial charge in [-0.25, -0.2) is 4.39 Å². The molecule has 3 saturated heterocycles. The molecule has 3 aliphatic heterocycles. The molecule has 3 heterocycles. The second-order valence-corrected chi connectivity index (χ2v) is 6.04. The maximum Gasteiger partial charge on any atom is 0.279 e. The standard InChI is InChI=1S/C15H20FN3O/c1-12-2-3-14(13(16)10-12)17-15(20)11-19-7-4-18(5-8-19)6-9-19/h2-3,10H,4-9,11H2,1H3/p+1. The maximum absolute atomic E-state index is 13.7. The molecule has 1 aromatic carbocycles. The van der Waals surface area contributed by atoms with E-state index >= 15 is 0 Å². The van der Waals surface area contributed by atoms with Crippen molar-refractivity contribution in [2.45, 2.75) is 6.92 Å². The highest BCUT2D eigenvalue weighted by Gasteiger charge is 2.39. The lowest BCUT2D eigenvalue weighted by molar-refractivity contribution is -0.933. The van der Waals surface area contributed by atoms with Crippen molar-refractivity contribution < 1.29 is 13.7 Å². The topological polar surface area (TPSA) is 32.3 Å². The number of benzene rings is 1. The molecule has 1 N–H and O–H groups in total. The van der Waals surface area contributed by atoms with E-state index in [9.17, 15) is 9.18 Å². The van der Waals surface area contributed by atoms with Crippen LogP contribution in [0.5, 0.6) is 0 Å². The van der Waals surface area contributed by atoms with Crippen LogP contribution in [0.4, 0.5) is 10.1 Å². The fourth-order valence-electron chi connectivity index (χ4n) is 3.18. The Morgan fingerprint density at radius 1 is 1.30 bits per heavy atom. The molecule has 0 unspecified atom stereocenters. The van der Waals surface area contributed by atoms with Crippen LogP contribution in [0.2, 0.25) is 0 Å². The Balaban J connectivity index is 1.64. The van der Waals surface area contributed by atoms with Gasteiger partial charge in [-0.3, -0.25) is 9.69 Å². The van der Waals surface area contributed by atoms with Crippen LogP contribution in [0.1, 0.15) is 5.56 Å². The lowest BCUT2D eigenvalue weighted by atomic mass is 10.1. The normalized spacial score (nSPS) is 28.4. The summed E-state index contributed by atoms with van der Waals surface area (Å²) in [5.74, 6) is -0.440. The van der Waals surface area contributed by atoms with E-state index in [2.05, 4.69) is 10.2 Å². The fourth-order valence-corrected chi connectivity index (χ4v) is 3.18. The molecule has 4 rings (SSSR count). The molecule has 0 atom stereocenters. The molecule has 3 fully saturated rings. The molecule has 4 nitrogen and oxygen atoms in total. The molecular weight excluding hydrogens is 257 g/mol. The summed E-state index contributed by atoms with van der Waals surface area (Å²) in [5, 5.41) is 2.72. The number of carbonyl (C=O) groups excluding carboxylic acids is 1. The largest absolute Gasteiger partial charge is 0.319 e. The first kappa shape index (κ1) is 13.5. The first-order valence-corrected chi connectivity index (χ1v) is 7.20. The highest BCUT2D eigenvalue weighted by atomic mass is 19.1. The number of nitrogens with zero attached hydrogens (tertiary/aromatic N) is 2. The molecule has 0 spiro atoms. The molecule has 0 aliphatic carbocycles. The van der Waals surface area contributed by atoms with Crippen LogP contribution >= 0.6 is 0 Å². The smallest absolute Gasteiger partial charge is 0.279 e. The maximum atomic E-state index is 13.7. The zero-order chi connectivity index (χ0) is 14.2. The molecule has 5 heteroatoms. The van der Waals surface area contributed by atoms with Crippen LogP contribution in [0.15, 0.2) is 18.2 Å². The van der Waals surface area contributed by atoms with Crippen molar-refractivity contribution in [1.29, 1.82) is 0 Å². The number of anilines is 1. The second-order valence-electron chi connectivity index (χ2n) is 6.04. The van der Waals surface area contributed by atoms with Gasteiger partial charge in [0.05, 0.1) is 25.3 Å². The molecule has 2 bridgehead atoms. The molecule has 20 heavy (non-hydrogen) atoms. The van der Waals surface area contributed by atoms with E-state index in [1.807, 2.05) is 13.0 Å². The molecule has 1 amide bonds. The van der Waals surface area contributed by atoms with Crippen molar-refractivity contribution in [3.63, 3.8) is 0 Å². The van der Waals surface area contributed by atoms with Crippen LogP contribution in [0.25, 0.3) is 0 Å². The van der Waals surface area contributed by atoms with Gasteiger partial charge in [-0.2, -0.15) is 0 Å². The minimum atomic E-state index is -0.359. The number of nitrogens with one attached hydrogen (secondary N) is 1. The third-order valence-corrected chi connectivity index (χ3v) is 4.55. The summed E-state index contributed by atoms with van der Waals surface area (Å²) in [6.07, 6.45) is 0. The fraction of sp³-hybridized carbons (Fsp3) is 0.533. The average molecular weight is 278 g/mol. The number of amides is 1. The van der Waals surface area contributed by atoms with Crippen molar-refractivity contribution in [2.75, 3.05) is 51.1 Å². The van der Waals surface area contributed by atoms with Crippen LogP contribution in [0.3, 0.4) is 0 Å². The van der Waals surface area contributed by atoms with Gasteiger partial charge in [-0.1, -0.05) is 6.07 Å². The Morgan fingerprint density at radius 2 is 1.95 bits per heavy atom. The van der Waals surface area contributed by atoms with Gasteiger partial charge in [0.15, 0.2) is 6.54 Å². The zero-order valence-electron chi connectivity index (χ0n) is 11.9. The van der Waals surface area contributed by atoms with Gasteiger partial charge in [0.2, 0.25) is 0 Å². The van der Waals surface area contributed by atoms with E-state index in [-0.39, 0.29) is 17.4 Å². The van der Waals surface area contributed by atoms with Gasteiger partial charge in [-0.15, -0.1) is 0 Å². The lowest BCUT2D eigenvalue weighted by Gasteiger charge is -2.50. The van der Waals surface area contributed by atoms with Gasteiger partial charge in [0.1, 0.15) is 5.82 Å². The van der Waals surface area contributed by atoms with Crippen LogP contribution in [-0.4, -0.2) is 61.1 Å². The molecular formula is C15H21FN3O+. The predicted molar refractivity (Wildman–Crippen MR) is 75.9 cm³/mol. The molecule has 0 saturated carbocycles. The highest BCUT2D eigenvalue weighted by molar-refractivity contribution is 5.91. The zero-order valence-corrected chi connectivity index (χ0v) is 11.9. The van der Waals surface area contributed by atoms with Gasteiger partial charge in [0.25, 0.3) is 5.91 Å². The van der Waals surface area contributed by atoms with E-state index in [1.54, 1.807) is 6.07 Å². The van der Waals surface area contributed by atoms with Gasteiger partial charge in [0, 0.05) is 19.6 Å². The van der Waals surface area contributed by atoms with E-state index in [1.165, 1.54) is 6.07 Å². The quantitative estimate of drug-likeness (QED) is 0.843. The SMILES string of the molecule is Cc1ccc(NC(=O)C[N+]23CCN(CC2)CC3)c(F)c1. The van der Waals surface area contributed by atoms with E-state index < -0.39 is 0 Å². The second kappa shape index (κ2) is 5.14. The summed E-state index contributed by atoms with van der Waals surface area (Å²) >= 11 is 0. The van der Waals surface area contributed by atoms with Gasteiger partial charge >= 0.3 is 0 Å². The Hall–Kier alpha value is -1.46. The van der Waals surface area contributed by atoms with Crippen molar-refractivity contribution in [2.24, 2.45) is 0 Å². The molecule has 3 aliphatic rings. The average Bonchev–Trinajstić information content (AvgIpc) is 2.43. The monoisotopic (exact) mass is 278 g/mol. The van der Waals surface area contributed by atoms with Crippen LogP contribution in [0, 0.1) is 12.7 Å². The lowest BCUT2D eigenvalue weighted by Crippen LogP contribution is -2.68. The third kappa shape index (κ3) is 2.69. The Labute approximate surface area is 118 Å². The van der Waals surface area contributed by atoms with E-state index in [0.29, 0.717) is 6.54 Å². The number of hydrogen-bond donors (Lipinski definition) is 1. The first-order valence-electron chi connectivity index (χ1n) is 7.20. The van der Waals surface area contributed by atoms with Crippen LogP contribution in [-0.2, 0) is 4.79 Å². The van der Waals surface area contributed by atoms with Crippen molar-refractivity contribution >= 4 is 11.6 Å². The number of aryl methyl sites for hydroxylation is 1. The summed E-state index contributed by atoms with van der Waals surface area (Å²) in [5.41, 5.74) is 1.14. The summed E-state index contributed by atoms with van der Waals surface area (Å²) in [6, 6.07) is 4.89. The molecule has 0 aromatic heterocycles. The number of quaternary nitrogens is 1. The molecule has 1 aromatic rings. The summed E-state index contributed by atoms with van der Waals surface area (Å²) in [4.78, 5) is 14.6. The summed E-state index contributed by atoms with van der Waals surface area (Å²) in [6.45, 7) is 8.61. The van der Waals surface area contributed by atoms with Gasteiger partial charge in [-0.05, 0) is 24.6 Å². The van der Waals surface area contributed by atoms with Gasteiger partial charge < -0.3 is 9.80 Å². The van der Waals surface area contributed by atoms with Crippen molar-refractivity contribution in [3.05, 3.63) is 29.6 Å². The highest BCUT2D eigenvalue weighted by Crippen LogP contribution is 2.20. The minimum absolute atomic E-state index is 0.0805. The molecule has 108 valence electrons. The first-order chi connectivity index (χ1) is 9.56. The number of fused-ring (bicyclic) bond motifs is 3. The number of piperazine rings is 3. The van der Waals surface area contributed by atoms with Crippen molar-refractivity contribution in [3.8, 4) is 0 Å². The third-order valence-electron chi connectivity index (χ3n) is 4.55. The van der Waals surface area contributed by atoms with E-state index in [4.69, 9.17) is 0 Å². The van der Waals surface area contributed by atoms with Crippen LogP contribution < -0.4 is 5.32 Å². The summed E-state index contributed by atoms with van der Waals surface area (Å²) in [7, 11) is 0. The minimum Gasteiger partial charge on any atom is -0.319 e. The number of carbonyl (C=O) groups is 1. The number of hydrogen-bond acceptors (Lipinski definition) is 2. The Morgan fingerprint density at radius 3 is 2.55 bits per heavy atom. The van der Waals surface area contributed by atoms with E-state index in [0.717, 1.165) is 49.3 Å². The Kier molecular flexibility index (Phi) is 3.48. The predicted octanol–water partition coefficient (Wildman–Crippen LogP) is 1.22. The number of halogens is 1. The molecule has 0 radical (unpaired) electrons.